The molecule has 26 heteroatoms. The third-order valence-electron chi connectivity index (χ3n) is 6.85. The molecule has 342 valence electrons. The molecule has 2 aromatic carbocycles. The molecule has 0 fully saturated rings. The minimum atomic E-state index is -5.00. The Balaban J connectivity index is 0.000000632. The molecule has 3 amide bonds. The Kier molecular flexibility index (Phi) is 28.0. The Labute approximate surface area is 353 Å². The van der Waals surface area contributed by atoms with Gasteiger partial charge in [-0.1, -0.05) is 22.4 Å². The molecule has 0 aromatic heterocycles. The summed E-state index contributed by atoms with van der Waals surface area (Å²) in [6.45, 7) is 3.52. The molecule has 0 aliphatic rings. The second-order valence-corrected chi connectivity index (χ2v) is 11.5. The van der Waals surface area contributed by atoms with Crippen molar-refractivity contribution in [3.05, 3.63) is 80.5 Å². The zero-order chi connectivity index (χ0) is 46.0. The first-order valence-electron chi connectivity index (χ1n) is 18.6. The van der Waals surface area contributed by atoms with Crippen molar-refractivity contribution in [1.29, 1.82) is 0 Å². The number of esters is 2. The van der Waals surface area contributed by atoms with Crippen LogP contribution >= 0.6 is 0 Å². The van der Waals surface area contributed by atoms with Crippen molar-refractivity contribution in [3.63, 3.8) is 0 Å². The minimum absolute atomic E-state index is 0.000224. The maximum atomic E-state index is 12.1. The number of azide groups is 2. The fourth-order valence-corrected chi connectivity index (χ4v) is 4.18. The zero-order valence-corrected chi connectivity index (χ0v) is 33.9. The summed E-state index contributed by atoms with van der Waals surface area (Å²) in [6.07, 6.45) is -6.92. The lowest BCUT2D eigenvalue weighted by Crippen LogP contribution is -2.41. The van der Waals surface area contributed by atoms with Gasteiger partial charge in [-0.3, -0.25) is 14.4 Å². The third-order valence-corrected chi connectivity index (χ3v) is 6.85. The summed E-state index contributed by atoms with van der Waals surface area (Å²) in [7, 11) is 0. The molecule has 0 aliphatic carbocycles. The number of hydrogen-bond acceptors (Lipinski definition) is 16. The average molecular weight is 887 g/mol. The molecule has 2 rings (SSSR count). The predicted molar refractivity (Wildman–Crippen MR) is 209 cm³/mol. The van der Waals surface area contributed by atoms with Crippen LogP contribution in [0.25, 0.3) is 20.9 Å². The number of amides is 3. The monoisotopic (exact) mass is 886 g/mol. The van der Waals surface area contributed by atoms with Crippen LogP contribution in [0, 0.1) is 0 Å². The first-order valence-corrected chi connectivity index (χ1v) is 18.6. The van der Waals surface area contributed by atoms with Crippen molar-refractivity contribution in [1.82, 2.24) is 16.0 Å². The zero-order valence-electron chi connectivity index (χ0n) is 33.9. The molecular weight excluding hydrogens is 837 g/mol. The van der Waals surface area contributed by atoms with Gasteiger partial charge < -0.3 is 59.6 Å². The number of carbonyl (C=O) groups is 5. The molecule has 0 saturated carbocycles. The molecule has 0 aliphatic heterocycles. The fraction of sp³-hybridized carbons (Fsp3) is 0.528. The summed E-state index contributed by atoms with van der Waals surface area (Å²) in [6, 6.07) is 12.4. The Morgan fingerprint density at radius 3 is 1.53 bits per heavy atom. The molecule has 2 aromatic rings. The Bertz CT molecular complexity index is 1780. The van der Waals surface area contributed by atoms with Gasteiger partial charge >= 0.3 is 24.0 Å². The van der Waals surface area contributed by atoms with Gasteiger partial charge in [0.2, 0.25) is 0 Å². The van der Waals surface area contributed by atoms with E-state index in [9.17, 15) is 37.1 Å². The van der Waals surface area contributed by atoms with Gasteiger partial charge in [0.05, 0.1) is 39.6 Å². The van der Waals surface area contributed by atoms with Crippen LogP contribution in [0.5, 0.6) is 11.5 Å². The smallest absolute Gasteiger partial charge is 0.471 e. The van der Waals surface area contributed by atoms with Crippen LogP contribution in [0.1, 0.15) is 34.6 Å². The van der Waals surface area contributed by atoms with E-state index in [0.717, 1.165) is 0 Å². The number of ether oxygens (including phenoxy) is 8. The molecule has 0 saturated heterocycles. The molecule has 5 N–H and O–H groups in total. The van der Waals surface area contributed by atoms with Crippen LogP contribution in [0.4, 0.5) is 13.2 Å². The van der Waals surface area contributed by atoms with Gasteiger partial charge in [-0.15, -0.1) is 0 Å². The van der Waals surface area contributed by atoms with Crippen molar-refractivity contribution in [3.8, 4) is 11.5 Å². The van der Waals surface area contributed by atoms with Crippen LogP contribution in [0.2, 0.25) is 0 Å². The van der Waals surface area contributed by atoms with E-state index in [1.165, 1.54) is 24.3 Å². The van der Waals surface area contributed by atoms with Gasteiger partial charge in [0.15, 0.2) is 12.5 Å². The normalized spacial score (nSPS) is 11.5. The third kappa shape index (κ3) is 25.3. The van der Waals surface area contributed by atoms with Gasteiger partial charge in [-0.05, 0) is 61.3 Å². The van der Waals surface area contributed by atoms with Gasteiger partial charge in [-0.2, -0.15) is 13.2 Å². The van der Waals surface area contributed by atoms with Crippen molar-refractivity contribution >= 4 is 29.7 Å². The van der Waals surface area contributed by atoms with Gasteiger partial charge in [0.25, 0.3) is 11.8 Å². The highest BCUT2D eigenvalue weighted by molar-refractivity contribution is 5.95. The highest BCUT2D eigenvalue weighted by atomic mass is 19.4. The lowest BCUT2D eigenvalue weighted by Gasteiger charge is -2.14. The van der Waals surface area contributed by atoms with Crippen molar-refractivity contribution in [2.45, 2.75) is 32.5 Å². The second kappa shape index (κ2) is 32.4. The lowest BCUT2D eigenvalue weighted by molar-refractivity contribution is -0.173. The summed E-state index contributed by atoms with van der Waals surface area (Å²) >= 11 is 0. The fourth-order valence-electron chi connectivity index (χ4n) is 4.18. The minimum Gasteiger partial charge on any atom is -0.491 e. The summed E-state index contributed by atoms with van der Waals surface area (Å²) in [5.41, 5.74) is 23.2. The number of benzene rings is 2. The van der Waals surface area contributed by atoms with E-state index in [1.807, 2.05) is 0 Å². The van der Waals surface area contributed by atoms with Crippen LogP contribution in [-0.4, -0.2) is 141 Å². The summed E-state index contributed by atoms with van der Waals surface area (Å²) in [4.78, 5) is 62.4. The number of halogens is 3. The van der Waals surface area contributed by atoms with Crippen LogP contribution in [0.3, 0.4) is 0 Å². The summed E-state index contributed by atoms with van der Waals surface area (Å²) < 4.78 is 77.6. The van der Waals surface area contributed by atoms with Crippen LogP contribution < -0.4 is 31.2 Å². The predicted octanol–water partition coefficient (Wildman–Crippen LogP) is 2.69. The number of nitrogens with two attached hydrogens (primary N) is 1. The molecule has 0 heterocycles. The second-order valence-electron chi connectivity index (χ2n) is 11.5. The Morgan fingerprint density at radius 1 is 0.694 bits per heavy atom. The summed E-state index contributed by atoms with van der Waals surface area (Å²) in [5, 5.41) is 13.6. The molecule has 0 radical (unpaired) electrons. The standard InChI is InChI=1S/C19H24F3N5O7.C17H25N5O6/c1-2-32-16(28)12-31-8-9-33-15(26-27-23)11-34-14-5-3-4-13(10-14)17(29)24-6-7-25-18(30)19(20,21)22;1-2-26-16(23)12-25-8-9-27-15(21-22-19)11-28-14-5-3-4-13(10-14)17(24)20-7-6-18/h3-5,10,15H,2,6-9,11-12H2,1H3,(H,24,29)(H,25,30);3-5,10,15H,2,6-9,11-12,18H2,1H3,(H,20,24). The first-order chi connectivity index (χ1) is 29.8. The van der Waals surface area contributed by atoms with Crippen molar-refractivity contribution < 1.29 is 75.0 Å². The van der Waals surface area contributed by atoms with E-state index in [2.05, 4.69) is 30.7 Å². The van der Waals surface area contributed by atoms with Crippen LogP contribution in [-0.2, 0) is 42.8 Å². The van der Waals surface area contributed by atoms with E-state index >= 15 is 0 Å². The van der Waals surface area contributed by atoms with Gasteiger partial charge in [0.1, 0.15) is 37.9 Å². The van der Waals surface area contributed by atoms with E-state index in [4.69, 9.17) is 54.7 Å². The number of nitrogens with one attached hydrogen (secondary N) is 3. The molecule has 0 bridgehead atoms. The van der Waals surface area contributed by atoms with E-state index in [1.54, 1.807) is 43.4 Å². The molecule has 23 nitrogen and oxygen atoms in total. The number of hydrogen-bond donors (Lipinski definition) is 4. The molecule has 0 spiro atoms. The average Bonchev–Trinajstić information content (AvgIpc) is 3.25. The van der Waals surface area contributed by atoms with Crippen LogP contribution in [0.15, 0.2) is 58.8 Å². The Hall–Kier alpha value is -6.40. The highest BCUT2D eigenvalue weighted by Crippen LogP contribution is 2.16. The molecule has 2 atom stereocenters. The number of nitrogens with zero attached hydrogens (tertiary/aromatic N) is 6. The summed E-state index contributed by atoms with van der Waals surface area (Å²) in [5.74, 6) is -3.30. The number of carbonyl (C=O) groups excluding carboxylic acids is 5. The highest BCUT2D eigenvalue weighted by Gasteiger charge is 2.38. The van der Waals surface area contributed by atoms with E-state index < -0.39 is 48.9 Å². The van der Waals surface area contributed by atoms with Gasteiger partial charge in [0, 0.05) is 47.1 Å². The first kappa shape index (κ1) is 53.6. The number of rotatable bonds is 29. The molecule has 2 unspecified atom stereocenters. The van der Waals surface area contributed by atoms with Crippen molar-refractivity contribution in [2.75, 3.05) is 92.2 Å². The topological polar surface area (TPSA) is 319 Å². The number of alkyl halides is 3. The largest absolute Gasteiger partial charge is 0.491 e. The van der Waals surface area contributed by atoms with Gasteiger partial charge in [-0.25, -0.2) is 9.59 Å². The van der Waals surface area contributed by atoms with Crippen molar-refractivity contribution in [2.24, 2.45) is 16.0 Å². The SMILES string of the molecule is CCOC(=O)COCCOC(COc1cccc(C(=O)NCCN)c1)N=[N+]=[N-].CCOC(=O)COCCOC(COc1cccc(C(=O)NCCNC(=O)C(F)(F)F)c1)N=[N+]=[N-]. The molecule has 62 heavy (non-hydrogen) atoms. The quantitative estimate of drug-likeness (QED) is 0.0300. The van der Waals surface area contributed by atoms with E-state index in [-0.39, 0.29) is 89.8 Å². The lowest BCUT2D eigenvalue weighted by atomic mass is 10.2. The Morgan fingerprint density at radius 2 is 1.13 bits per heavy atom. The molecular formula is C36H49F3N10O13. The maximum Gasteiger partial charge on any atom is 0.471 e. The maximum absolute atomic E-state index is 12.1. The van der Waals surface area contributed by atoms with E-state index in [0.29, 0.717) is 24.4 Å².